The number of benzene rings is 2. The molecule has 1 aliphatic heterocycles. The fourth-order valence-electron chi connectivity index (χ4n) is 3.45. The zero-order valence-corrected chi connectivity index (χ0v) is 17.9. The molecule has 2 aromatic carbocycles. The largest absolute Gasteiger partial charge is 0.394 e. The van der Waals surface area contributed by atoms with Crippen LogP contribution in [0, 0.1) is 0 Å². The van der Waals surface area contributed by atoms with Crippen molar-refractivity contribution in [2.24, 2.45) is 0 Å². The van der Waals surface area contributed by atoms with Crippen molar-refractivity contribution < 1.29 is 23.1 Å². The van der Waals surface area contributed by atoms with E-state index in [9.17, 15) is 18.3 Å². The van der Waals surface area contributed by atoms with Gasteiger partial charge in [-0.15, -0.1) is 0 Å². The van der Waals surface area contributed by atoms with Gasteiger partial charge in [-0.25, -0.2) is 13.1 Å². The molecular formula is C21H25ClN2O5S. The van der Waals surface area contributed by atoms with Crippen molar-refractivity contribution in [3.05, 3.63) is 65.2 Å². The van der Waals surface area contributed by atoms with E-state index in [1.807, 2.05) is 6.07 Å². The molecule has 0 spiro atoms. The lowest BCUT2D eigenvalue weighted by molar-refractivity contribution is -0.0891. The SMILES string of the molecule is O=C(N[C@@H]1CC[C@@H](CCNS(=O)(=O)c2ccccc2Cl)O[C@H]1CO)c1ccccc1. The van der Waals surface area contributed by atoms with Gasteiger partial charge < -0.3 is 15.2 Å². The maximum atomic E-state index is 12.4. The third kappa shape index (κ3) is 5.80. The van der Waals surface area contributed by atoms with Gasteiger partial charge in [0.25, 0.3) is 5.91 Å². The normalized spacial score (nSPS) is 21.9. The molecule has 0 bridgehead atoms. The van der Waals surface area contributed by atoms with E-state index in [2.05, 4.69) is 10.0 Å². The van der Waals surface area contributed by atoms with Crippen molar-refractivity contribution in [1.29, 1.82) is 0 Å². The molecule has 0 unspecified atom stereocenters. The van der Waals surface area contributed by atoms with E-state index in [-0.39, 0.29) is 41.1 Å². The first-order chi connectivity index (χ1) is 14.4. The first kappa shape index (κ1) is 22.7. The Kier molecular flexibility index (Phi) is 7.85. The second-order valence-corrected chi connectivity index (χ2v) is 9.26. The van der Waals surface area contributed by atoms with Gasteiger partial charge in [0.1, 0.15) is 11.0 Å². The fourth-order valence-corrected chi connectivity index (χ4v) is 5.01. The number of aliphatic hydroxyl groups excluding tert-OH is 1. The van der Waals surface area contributed by atoms with E-state index in [1.165, 1.54) is 12.1 Å². The Hall–Kier alpha value is -1.97. The van der Waals surface area contributed by atoms with Crippen molar-refractivity contribution >= 4 is 27.5 Å². The van der Waals surface area contributed by atoms with Gasteiger partial charge in [-0.1, -0.05) is 41.9 Å². The van der Waals surface area contributed by atoms with Gasteiger partial charge in [-0.05, 0) is 43.5 Å². The molecule has 3 atom stereocenters. The van der Waals surface area contributed by atoms with Gasteiger partial charge in [0.15, 0.2) is 0 Å². The Labute approximate surface area is 181 Å². The van der Waals surface area contributed by atoms with Crippen LogP contribution in [0.25, 0.3) is 0 Å². The van der Waals surface area contributed by atoms with Crippen LogP contribution < -0.4 is 10.0 Å². The maximum absolute atomic E-state index is 12.4. The van der Waals surface area contributed by atoms with Gasteiger partial charge in [0.2, 0.25) is 10.0 Å². The minimum absolute atomic E-state index is 0.0353. The Bertz CT molecular complexity index is 955. The molecule has 1 heterocycles. The molecule has 0 aromatic heterocycles. The number of halogens is 1. The minimum Gasteiger partial charge on any atom is -0.394 e. The molecule has 2 aromatic rings. The highest BCUT2D eigenvalue weighted by Gasteiger charge is 2.32. The summed E-state index contributed by atoms with van der Waals surface area (Å²) in [6.07, 6.45) is 0.951. The lowest BCUT2D eigenvalue weighted by Crippen LogP contribution is -2.51. The summed E-state index contributed by atoms with van der Waals surface area (Å²) in [6, 6.07) is 14.8. The number of nitrogens with one attached hydrogen (secondary N) is 2. The number of hydrogen-bond donors (Lipinski definition) is 3. The molecule has 1 saturated heterocycles. The molecule has 9 heteroatoms. The second-order valence-electron chi connectivity index (χ2n) is 7.12. The zero-order chi connectivity index (χ0) is 21.6. The number of carbonyl (C=O) groups is 1. The summed E-state index contributed by atoms with van der Waals surface area (Å²) in [7, 11) is -3.71. The van der Waals surface area contributed by atoms with Crippen molar-refractivity contribution in [2.45, 2.75) is 42.4 Å². The highest BCUT2D eigenvalue weighted by Crippen LogP contribution is 2.23. The van der Waals surface area contributed by atoms with Gasteiger partial charge >= 0.3 is 0 Å². The summed E-state index contributed by atoms with van der Waals surface area (Å²) in [5.74, 6) is -0.214. The highest BCUT2D eigenvalue weighted by atomic mass is 35.5. The van der Waals surface area contributed by atoms with E-state index >= 15 is 0 Å². The lowest BCUT2D eigenvalue weighted by atomic mass is 9.97. The second kappa shape index (κ2) is 10.4. The number of hydrogen-bond acceptors (Lipinski definition) is 5. The van der Waals surface area contributed by atoms with Crippen molar-refractivity contribution in [2.75, 3.05) is 13.2 Å². The average molecular weight is 453 g/mol. The number of aliphatic hydroxyl groups is 1. The van der Waals surface area contributed by atoms with Crippen molar-refractivity contribution in [1.82, 2.24) is 10.0 Å². The van der Waals surface area contributed by atoms with Crippen LogP contribution >= 0.6 is 11.6 Å². The summed E-state index contributed by atoms with van der Waals surface area (Å²) in [6.45, 7) is -0.0565. The van der Waals surface area contributed by atoms with E-state index in [0.29, 0.717) is 24.8 Å². The Morgan fingerprint density at radius 3 is 2.50 bits per heavy atom. The molecular weight excluding hydrogens is 428 g/mol. The van der Waals surface area contributed by atoms with E-state index in [0.717, 1.165) is 0 Å². The molecule has 162 valence electrons. The summed E-state index contributed by atoms with van der Waals surface area (Å²) in [5, 5.41) is 12.8. The molecule has 0 aliphatic carbocycles. The molecule has 0 radical (unpaired) electrons. The van der Waals surface area contributed by atoms with Gasteiger partial charge in [-0.3, -0.25) is 4.79 Å². The summed E-state index contributed by atoms with van der Waals surface area (Å²) in [5.41, 5.74) is 0.547. The molecule has 1 aliphatic rings. The topological polar surface area (TPSA) is 105 Å². The molecule has 3 rings (SSSR count). The van der Waals surface area contributed by atoms with Crippen molar-refractivity contribution in [3.8, 4) is 0 Å². The Balaban J connectivity index is 1.50. The van der Waals surface area contributed by atoms with Crippen LogP contribution in [-0.4, -0.2) is 50.8 Å². The lowest BCUT2D eigenvalue weighted by Gasteiger charge is -2.36. The van der Waals surface area contributed by atoms with Crippen LogP contribution in [0.2, 0.25) is 5.02 Å². The molecule has 3 N–H and O–H groups in total. The predicted molar refractivity (Wildman–Crippen MR) is 114 cm³/mol. The van der Waals surface area contributed by atoms with Crippen LogP contribution in [0.1, 0.15) is 29.6 Å². The number of rotatable bonds is 8. The van der Waals surface area contributed by atoms with E-state index < -0.39 is 16.1 Å². The van der Waals surface area contributed by atoms with Gasteiger partial charge in [0.05, 0.1) is 23.8 Å². The Morgan fingerprint density at radius 2 is 1.80 bits per heavy atom. The average Bonchev–Trinajstić information content (AvgIpc) is 2.75. The molecule has 1 fully saturated rings. The molecule has 1 amide bonds. The number of carbonyl (C=O) groups excluding carboxylic acids is 1. The smallest absolute Gasteiger partial charge is 0.251 e. The zero-order valence-electron chi connectivity index (χ0n) is 16.3. The highest BCUT2D eigenvalue weighted by molar-refractivity contribution is 7.89. The third-order valence-corrected chi connectivity index (χ3v) is 6.99. The van der Waals surface area contributed by atoms with Crippen LogP contribution in [-0.2, 0) is 14.8 Å². The van der Waals surface area contributed by atoms with Crippen LogP contribution in [0.15, 0.2) is 59.5 Å². The maximum Gasteiger partial charge on any atom is 0.251 e. The molecule has 7 nitrogen and oxygen atoms in total. The van der Waals surface area contributed by atoms with Gasteiger partial charge in [0, 0.05) is 12.1 Å². The van der Waals surface area contributed by atoms with E-state index in [1.54, 1.807) is 36.4 Å². The van der Waals surface area contributed by atoms with E-state index in [4.69, 9.17) is 16.3 Å². The number of amides is 1. The van der Waals surface area contributed by atoms with Gasteiger partial charge in [-0.2, -0.15) is 0 Å². The monoisotopic (exact) mass is 452 g/mol. The van der Waals surface area contributed by atoms with Crippen molar-refractivity contribution in [3.63, 3.8) is 0 Å². The molecule has 0 saturated carbocycles. The summed E-state index contributed by atoms with van der Waals surface area (Å²) >= 11 is 5.97. The number of ether oxygens (including phenoxy) is 1. The Morgan fingerprint density at radius 1 is 1.10 bits per heavy atom. The predicted octanol–water partition coefficient (Wildman–Crippen LogP) is 2.35. The quantitative estimate of drug-likeness (QED) is 0.570. The third-order valence-electron chi connectivity index (χ3n) is 5.03. The fraction of sp³-hybridized carbons (Fsp3) is 0.381. The first-order valence-electron chi connectivity index (χ1n) is 9.77. The standard InChI is InChI=1S/C21H25ClN2O5S/c22-17-8-4-5-9-20(17)30(27,28)23-13-12-16-10-11-18(19(14-25)29-16)24-21(26)15-6-2-1-3-7-15/h1-9,16,18-19,23,25H,10-14H2,(H,24,26)/t16-,18+,19-/m0/s1. The number of sulfonamides is 1. The van der Waals surface area contributed by atoms with Crippen LogP contribution in [0.5, 0.6) is 0 Å². The van der Waals surface area contributed by atoms with Crippen LogP contribution in [0.3, 0.4) is 0 Å². The summed E-state index contributed by atoms with van der Waals surface area (Å²) < 4.78 is 33.2. The molecule has 30 heavy (non-hydrogen) atoms. The minimum atomic E-state index is -3.71. The summed E-state index contributed by atoms with van der Waals surface area (Å²) in [4.78, 5) is 12.4. The van der Waals surface area contributed by atoms with Crippen LogP contribution in [0.4, 0.5) is 0 Å². The first-order valence-corrected chi connectivity index (χ1v) is 11.6.